The lowest BCUT2D eigenvalue weighted by Crippen LogP contribution is -2.42. The zero-order valence-corrected chi connectivity index (χ0v) is 12.1. The Morgan fingerprint density at radius 1 is 1.30 bits per heavy atom. The van der Waals surface area contributed by atoms with E-state index in [1.54, 1.807) is 0 Å². The Morgan fingerprint density at radius 3 is 2.70 bits per heavy atom. The number of carbonyl (C=O) groups excluding carboxylic acids is 1. The summed E-state index contributed by atoms with van der Waals surface area (Å²) in [6.07, 6.45) is 5.62. The molecule has 0 atom stereocenters. The van der Waals surface area contributed by atoms with Crippen LogP contribution in [0, 0.1) is 0 Å². The van der Waals surface area contributed by atoms with Crippen molar-refractivity contribution in [2.45, 2.75) is 51.0 Å². The minimum absolute atomic E-state index is 0.242. The molecule has 1 aliphatic rings. The van der Waals surface area contributed by atoms with Crippen LogP contribution in [-0.4, -0.2) is 23.3 Å². The normalized spacial score (nSPS) is 16.9. The number of aryl methyl sites for hydroxylation is 1. The van der Waals surface area contributed by atoms with Gasteiger partial charge in [-0.05, 0) is 30.9 Å². The number of urea groups is 1. The molecule has 110 valence electrons. The van der Waals surface area contributed by atoms with Crippen molar-refractivity contribution in [1.29, 1.82) is 0 Å². The Kier molecular flexibility index (Phi) is 5.01. The second kappa shape index (κ2) is 6.75. The van der Waals surface area contributed by atoms with Crippen molar-refractivity contribution in [3.8, 4) is 0 Å². The van der Waals surface area contributed by atoms with Gasteiger partial charge in [-0.1, -0.05) is 44.4 Å². The fourth-order valence-corrected chi connectivity index (χ4v) is 2.75. The zero-order valence-electron chi connectivity index (χ0n) is 12.1. The molecular formula is C16H24N2O2. The van der Waals surface area contributed by atoms with Gasteiger partial charge in [0, 0.05) is 12.2 Å². The van der Waals surface area contributed by atoms with Gasteiger partial charge in [-0.15, -0.1) is 0 Å². The quantitative estimate of drug-likeness (QED) is 0.774. The first-order chi connectivity index (χ1) is 9.63. The largest absolute Gasteiger partial charge is 0.388 e. The smallest absolute Gasteiger partial charge is 0.319 e. The maximum atomic E-state index is 11.9. The SMILES string of the molecule is CCCc1ccccc1NC(=O)NCC1(O)CCCC1. The molecule has 0 saturated heterocycles. The van der Waals surface area contributed by atoms with Gasteiger partial charge in [-0.2, -0.15) is 0 Å². The zero-order chi connectivity index (χ0) is 14.4. The maximum absolute atomic E-state index is 11.9. The van der Waals surface area contributed by atoms with Crippen molar-refractivity contribution in [1.82, 2.24) is 5.32 Å². The summed E-state index contributed by atoms with van der Waals surface area (Å²) in [6.45, 7) is 2.45. The van der Waals surface area contributed by atoms with Crippen LogP contribution in [-0.2, 0) is 6.42 Å². The van der Waals surface area contributed by atoms with Gasteiger partial charge < -0.3 is 15.7 Å². The molecule has 4 heteroatoms. The lowest BCUT2D eigenvalue weighted by atomic mass is 10.0. The summed E-state index contributed by atoms with van der Waals surface area (Å²) < 4.78 is 0. The van der Waals surface area contributed by atoms with E-state index in [0.717, 1.165) is 49.8 Å². The van der Waals surface area contributed by atoms with Crippen LogP contribution >= 0.6 is 0 Å². The van der Waals surface area contributed by atoms with Crippen molar-refractivity contribution in [2.24, 2.45) is 0 Å². The Balaban J connectivity index is 1.88. The van der Waals surface area contributed by atoms with Crippen molar-refractivity contribution in [2.75, 3.05) is 11.9 Å². The van der Waals surface area contributed by atoms with Gasteiger partial charge in [-0.3, -0.25) is 0 Å². The molecule has 2 amide bonds. The number of nitrogens with one attached hydrogen (secondary N) is 2. The molecule has 1 aliphatic carbocycles. The lowest BCUT2D eigenvalue weighted by Gasteiger charge is -2.22. The number of rotatable bonds is 5. The van der Waals surface area contributed by atoms with Gasteiger partial charge in [0.1, 0.15) is 0 Å². The van der Waals surface area contributed by atoms with Crippen molar-refractivity contribution < 1.29 is 9.90 Å². The molecule has 1 aromatic carbocycles. The molecule has 0 bridgehead atoms. The number of hydrogen-bond acceptors (Lipinski definition) is 2. The maximum Gasteiger partial charge on any atom is 0.319 e. The predicted molar refractivity (Wildman–Crippen MR) is 80.9 cm³/mol. The number of carbonyl (C=O) groups is 1. The average molecular weight is 276 g/mol. The van der Waals surface area contributed by atoms with Crippen molar-refractivity contribution in [3.05, 3.63) is 29.8 Å². The van der Waals surface area contributed by atoms with Crippen LogP contribution in [0.4, 0.5) is 10.5 Å². The van der Waals surface area contributed by atoms with E-state index >= 15 is 0 Å². The molecule has 1 saturated carbocycles. The Morgan fingerprint density at radius 2 is 2.00 bits per heavy atom. The summed E-state index contributed by atoms with van der Waals surface area (Å²) >= 11 is 0. The first-order valence-corrected chi connectivity index (χ1v) is 7.48. The molecule has 0 aliphatic heterocycles. The summed E-state index contributed by atoms with van der Waals surface area (Å²) in [4.78, 5) is 11.9. The molecule has 3 N–H and O–H groups in total. The summed E-state index contributed by atoms with van der Waals surface area (Å²) in [5.41, 5.74) is 1.29. The minimum atomic E-state index is -0.708. The number of anilines is 1. The molecule has 0 radical (unpaired) electrons. The third-order valence-corrected chi connectivity index (χ3v) is 3.90. The molecule has 20 heavy (non-hydrogen) atoms. The summed E-state index contributed by atoms with van der Waals surface area (Å²) in [5.74, 6) is 0. The van der Waals surface area contributed by atoms with E-state index in [-0.39, 0.29) is 6.03 Å². The van der Waals surface area contributed by atoms with Crippen LogP contribution in [0.3, 0.4) is 0 Å². The Bertz CT molecular complexity index is 454. The predicted octanol–water partition coefficient (Wildman–Crippen LogP) is 3.07. The number of amides is 2. The summed E-state index contributed by atoms with van der Waals surface area (Å²) in [6, 6.07) is 7.60. The molecule has 0 unspecified atom stereocenters. The van der Waals surface area contributed by atoms with Crippen LogP contribution in [0.15, 0.2) is 24.3 Å². The molecule has 1 aromatic rings. The summed E-state index contributed by atoms with van der Waals surface area (Å²) in [5, 5.41) is 15.9. The van der Waals surface area contributed by atoms with Crippen LogP contribution in [0.25, 0.3) is 0 Å². The van der Waals surface area contributed by atoms with Gasteiger partial charge in [0.15, 0.2) is 0 Å². The van der Waals surface area contributed by atoms with Crippen LogP contribution < -0.4 is 10.6 Å². The fourth-order valence-electron chi connectivity index (χ4n) is 2.75. The van der Waals surface area contributed by atoms with E-state index in [0.29, 0.717) is 6.54 Å². The number of aliphatic hydroxyl groups is 1. The highest BCUT2D eigenvalue weighted by Crippen LogP contribution is 2.28. The Labute approximate surface area is 120 Å². The third-order valence-electron chi connectivity index (χ3n) is 3.90. The van der Waals surface area contributed by atoms with Gasteiger partial charge in [-0.25, -0.2) is 4.79 Å². The monoisotopic (exact) mass is 276 g/mol. The first kappa shape index (κ1) is 14.9. The van der Waals surface area contributed by atoms with E-state index in [4.69, 9.17) is 0 Å². The minimum Gasteiger partial charge on any atom is -0.388 e. The lowest BCUT2D eigenvalue weighted by molar-refractivity contribution is 0.0506. The van der Waals surface area contributed by atoms with E-state index in [9.17, 15) is 9.90 Å². The van der Waals surface area contributed by atoms with E-state index < -0.39 is 5.60 Å². The second-order valence-corrected chi connectivity index (χ2v) is 5.65. The van der Waals surface area contributed by atoms with Crippen LogP contribution in [0.1, 0.15) is 44.6 Å². The standard InChI is InChI=1S/C16H24N2O2/c1-2-7-13-8-3-4-9-14(13)18-15(19)17-12-16(20)10-5-6-11-16/h3-4,8-9,20H,2,5-7,10-12H2,1H3,(H2,17,18,19). The first-order valence-electron chi connectivity index (χ1n) is 7.48. The van der Waals surface area contributed by atoms with Gasteiger partial charge in [0.25, 0.3) is 0 Å². The van der Waals surface area contributed by atoms with Gasteiger partial charge in [0.2, 0.25) is 0 Å². The van der Waals surface area contributed by atoms with Gasteiger partial charge in [0.05, 0.1) is 5.60 Å². The van der Waals surface area contributed by atoms with E-state index in [1.807, 2.05) is 24.3 Å². The van der Waals surface area contributed by atoms with Crippen molar-refractivity contribution in [3.63, 3.8) is 0 Å². The summed E-state index contributed by atoms with van der Waals surface area (Å²) in [7, 11) is 0. The fraction of sp³-hybridized carbons (Fsp3) is 0.562. The molecule has 0 spiro atoms. The number of benzene rings is 1. The van der Waals surface area contributed by atoms with Crippen molar-refractivity contribution >= 4 is 11.7 Å². The molecule has 2 rings (SSSR count). The van der Waals surface area contributed by atoms with Crippen LogP contribution in [0.2, 0.25) is 0 Å². The van der Waals surface area contributed by atoms with E-state index in [1.165, 1.54) is 0 Å². The second-order valence-electron chi connectivity index (χ2n) is 5.65. The number of hydrogen-bond donors (Lipinski definition) is 3. The number of para-hydroxylation sites is 1. The highest BCUT2D eigenvalue weighted by atomic mass is 16.3. The van der Waals surface area contributed by atoms with E-state index in [2.05, 4.69) is 17.6 Å². The highest BCUT2D eigenvalue weighted by Gasteiger charge is 2.31. The molecular weight excluding hydrogens is 252 g/mol. The third kappa shape index (κ3) is 3.97. The van der Waals surface area contributed by atoms with Gasteiger partial charge >= 0.3 is 6.03 Å². The molecule has 1 fully saturated rings. The topological polar surface area (TPSA) is 61.4 Å². The molecule has 0 heterocycles. The highest BCUT2D eigenvalue weighted by molar-refractivity contribution is 5.90. The average Bonchev–Trinajstić information content (AvgIpc) is 2.87. The van der Waals surface area contributed by atoms with Crippen LogP contribution in [0.5, 0.6) is 0 Å². The Hall–Kier alpha value is -1.55. The molecule has 4 nitrogen and oxygen atoms in total. The molecule has 0 aromatic heterocycles.